The molecule has 2 aromatic heterocycles. The first-order valence-corrected chi connectivity index (χ1v) is 8.79. The van der Waals surface area contributed by atoms with Crippen molar-refractivity contribution in [3.63, 3.8) is 0 Å². The number of aryl methyl sites for hydroxylation is 2. The van der Waals surface area contributed by atoms with Gasteiger partial charge in [-0.2, -0.15) is 5.10 Å². The molecule has 2 heterocycles. The average molecular weight is 371 g/mol. The minimum Gasteiger partial charge on any atom is -0.462 e. The predicted octanol–water partition coefficient (Wildman–Crippen LogP) is 2.73. The Morgan fingerprint density at radius 2 is 1.96 bits per heavy atom. The zero-order chi connectivity index (χ0) is 18.8. The first-order valence-electron chi connectivity index (χ1n) is 7.97. The molecule has 26 heavy (non-hydrogen) atoms. The number of amides is 1. The maximum absolute atomic E-state index is 12.7. The Kier molecular flexibility index (Phi) is 4.85. The topological polar surface area (TPSA) is 90.3 Å². The summed E-state index contributed by atoms with van der Waals surface area (Å²) in [5.41, 5.74) is 0.599. The molecule has 0 fully saturated rings. The quantitative estimate of drug-likeness (QED) is 0.712. The molecule has 3 rings (SSSR count). The number of nitrogens with zero attached hydrogens (tertiary/aromatic N) is 2. The van der Waals surface area contributed by atoms with Crippen molar-refractivity contribution in [2.24, 2.45) is 7.05 Å². The monoisotopic (exact) mass is 371 g/mol. The summed E-state index contributed by atoms with van der Waals surface area (Å²) in [7, 11) is 1.50. The fraction of sp³-hybridized carbons (Fsp3) is 0.222. The molecule has 0 aliphatic rings. The third-order valence-electron chi connectivity index (χ3n) is 3.79. The average Bonchev–Trinajstić information content (AvgIpc) is 2.98. The Labute approximate surface area is 153 Å². The number of esters is 1. The molecule has 0 saturated heterocycles. The lowest BCUT2D eigenvalue weighted by molar-refractivity contribution is 0.0531. The van der Waals surface area contributed by atoms with E-state index in [0.717, 1.165) is 21.6 Å². The molecule has 0 radical (unpaired) electrons. The molecule has 0 atom stereocenters. The molecule has 1 aromatic carbocycles. The van der Waals surface area contributed by atoms with Gasteiger partial charge in [-0.1, -0.05) is 18.2 Å². The van der Waals surface area contributed by atoms with Gasteiger partial charge in [0.2, 0.25) is 0 Å². The highest BCUT2D eigenvalue weighted by atomic mass is 32.1. The minimum atomic E-state index is -0.451. The maximum Gasteiger partial charge on any atom is 0.348 e. The molecule has 0 saturated carbocycles. The molecule has 1 amide bonds. The van der Waals surface area contributed by atoms with E-state index < -0.39 is 11.9 Å². The summed E-state index contributed by atoms with van der Waals surface area (Å²) in [5, 5.41) is 8.25. The molecule has 0 aliphatic heterocycles. The van der Waals surface area contributed by atoms with Crippen molar-refractivity contribution in [3.8, 4) is 0 Å². The largest absolute Gasteiger partial charge is 0.462 e. The van der Waals surface area contributed by atoms with Crippen molar-refractivity contribution in [2.75, 3.05) is 11.9 Å². The van der Waals surface area contributed by atoms with Crippen LogP contribution in [0.15, 0.2) is 35.1 Å². The van der Waals surface area contributed by atoms with Crippen LogP contribution in [0.5, 0.6) is 0 Å². The number of rotatable bonds is 4. The highest BCUT2D eigenvalue weighted by Crippen LogP contribution is 2.28. The number of nitrogens with one attached hydrogen (secondary N) is 1. The fourth-order valence-electron chi connectivity index (χ4n) is 2.58. The van der Waals surface area contributed by atoms with E-state index in [9.17, 15) is 14.4 Å². The van der Waals surface area contributed by atoms with Gasteiger partial charge >= 0.3 is 5.97 Å². The summed E-state index contributed by atoms with van der Waals surface area (Å²) in [5.74, 6) is -0.866. The van der Waals surface area contributed by atoms with Crippen LogP contribution in [0.4, 0.5) is 5.00 Å². The molecular weight excluding hydrogens is 354 g/mol. The van der Waals surface area contributed by atoms with E-state index >= 15 is 0 Å². The summed E-state index contributed by atoms with van der Waals surface area (Å²) < 4.78 is 6.15. The number of ether oxygens (including phenoxy) is 1. The molecule has 0 unspecified atom stereocenters. The highest BCUT2D eigenvalue weighted by molar-refractivity contribution is 7.18. The van der Waals surface area contributed by atoms with Gasteiger partial charge in [-0.05, 0) is 31.5 Å². The number of carbonyl (C=O) groups excluding carboxylic acids is 2. The molecule has 0 bridgehead atoms. The van der Waals surface area contributed by atoms with Crippen LogP contribution in [-0.4, -0.2) is 28.3 Å². The van der Waals surface area contributed by atoms with E-state index in [1.807, 2.05) is 0 Å². The van der Waals surface area contributed by atoms with Crippen molar-refractivity contribution < 1.29 is 14.3 Å². The van der Waals surface area contributed by atoms with Gasteiger partial charge in [0.25, 0.3) is 11.5 Å². The number of fused-ring (bicyclic) bond motifs is 1. The maximum atomic E-state index is 12.7. The number of thiophene rings is 1. The normalized spacial score (nSPS) is 10.7. The zero-order valence-corrected chi connectivity index (χ0v) is 15.3. The number of aromatic nitrogens is 2. The van der Waals surface area contributed by atoms with Crippen LogP contribution >= 0.6 is 11.3 Å². The minimum absolute atomic E-state index is 0.145. The molecule has 1 N–H and O–H groups in total. The van der Waals surface area contributed by atoms with Gasteiger partial charge in [-0.3, -0.25) is 9.59 Å². The molecule has 134 valence electrons. The number of benzene rings is 1. The van der Waals surface area contributed by atoms with Crippen molar-refractivity contribution in [1.29, 1.82) is 0 Å². The number of hydrogen-bond donors (Lipinski definition) is 1. The van der Waals surface area contributed by atoms with Gasteiger partial charge in [-0.25, -0.2) is 9.48 Å². The van der Waals surface area contributed by atoms with Crippen molar-refractivity contribution in [1.82, 2.24) is 9.78 Å². The number of carbonyl (C=O) groups is 2. The third-order valence-corrected chi connectivity index (χ3v) is 4.92. The van der Waals surface area contributed by atoms with E-state index in [1.165, 1.54) is 7.05 Å². The Balaban J connectivity index is 1.96. The second-order valence-electron chi connectivity index (χ2n) is 5.62. The molecule has 0 aliphatic carbocycles. The first kappa shape index (κ1) is 17.8. The highest BCUT2D eigenvalue weighted by Gasteiger charge is 2.19. The van der Waals surface area contributed by atoms with Gasteiger partial charge in [0.15, 0.2) is 5.69 Å². The van der Waals surface area contributed by atoms with Crippen LogP contribution in [0.3, 0.4) is 0 Å². The number of anilines is 1. The van der Waals surface area contributed by atoms with Gasteiger partial charge in [0.1, 0.15) is 4.88 Å². The molecule has 3 aromatic rings. The van der Waals surface area contributed by atoms with Gasteiger partial charge in [-0.15, -0.1) is 11.3 Å². The molecule has 7 nitrogen and oxygen atoms in total. The summed E-state index contributed by atoms with van der Waals surface area (Å²) in [4.78, 5) is 37.2. The van der Waals surface area contributed by atoms with Crippen LogP contribution in [-0.2, 0) is 11.8 Å². The Morgan fingerprint density at radius 3 is 2.65 bits per heavy atom. The van der Waals surface area contributed by atoms with Crippen molar-refractivity contribution >= 4 is 39.0 Å². The van der Waals surface area contributed by atoms with E-state index in [0.29, 0.717) is 20.7 Å². The van der Waals surface area contributed by atoms with E-state index in [-0.39, 0.29) is 17.9 Å². The molecular formula is C18H17N3O4S. The lowest BCUT2D eigenvalue weighted by atomic mass is 10.1. The SMILES string of the molecule is CCOC(=O)c1sc(NC(=O)c2nn(C)c(=O)c3ccccc23)cc1C. The lowest BCUT2D eigenvalue weighted by Crippen LogP contribution is -2.25. The van der Waals surface area contributed by atoms with E-state index in [2.05, 4.69) is 10.4 Å². The van der Waals surface area contributed by atoms with Gasteiger partial charge in [0.05, 0.1) is 17.0 Å². The Hall–Kier alpha value is -3.00. The van der Waals surface area contributed by atoms with Crippen LogP contribution in [0.25, 0.3) is 10.8 Å². The summed E-state index contributed by atoms with van der Waals surface area (Å²) >= 11 is 1.14. The summed E-state index contributed by atoms with van der Waals surface area (Å²) in [6.45, 7) is 3.80. The lowest BCUT2D eigenvalue weighted by Gasteiger charge is -2.07. The van der Waals surface area contributed by atoms with Crippen LogP contribution in [0.2, 0.25) is 0 Å². The summed E-state index contributed by atoms with van der Waals surface area (Å²) in [6.07, 6.45) is 0. The van der Waals surface area contributed by atoms with Crippen molar-refractivity contribution in [2.45, 2.75) is 13.8 Å². The smallest absolute Gasteiger partial charge is 0.348 e. The van der Waals surface area contributed by atoms with Gasteiger partial charge < -0.3 is 10.1 Å². The Bertz CT molecular complexity index is 1070. The van der Waals surface area contributed by atoms with Crippen LogP contribution < -0.4 is 10.9 Å². The first-order chi connectivity index (χ1) is 12.4. The third kappa shape index (κ3) is 3.23. The fourth-order valence-corrected chi connectivity index (χ4v) is 3.54. The van der Waals surface area contributed by atoms with E-state index in [4.69, 9.17) is 4.74 Å². The second-order valence-corrected chi connectivity index (χ2v) is 6.67. The summed E-state index contributed by atoms with van der Waals surface area (Å²) in [6, 6.07) is 8.53. The van der Waals surface area contributed by atoms with Crippen molar-refractivity contribution in [3.05, 3.63) is 56.8 Å². The molecule has 0 spiro atoms. The predicted molar refractivity (Wildman–Crippen MR) is 99.9 cm³/mol. The van der Waals surface area contributed by atoms with E-state index in [1.54, 1.807) is 44.2 Å². The van der Waals surface area contributed by atoms with Crippen LogP contribution in [0.1, 0.15) is 32.6 Å². The number of hydrogen-bond acceptors (Lipinski definition) is 6. The van der Waals surface area contributed by atoms with Crippen LogP contribution in [0, 0.1) is 6.92 Å². The Morgan fingerprint density at radius 1 is 1.27 bits per heavy atom. The van der Waals surface area contributed by atoms with Gasteiger partial charge in [0, 0.05) is 12.4 Å². The zero-order valence-electron chi connectivity index (χ0n) is 14.5. The standard InChI is InChI=1S/C18H17N3O4S/c1-4-25-18(24)15-10(2)9-13(26-15)19-16(22)14-11-7-5-6-8-12(11)17(23)21(3)20-14/h5-9H,4H2,1-3H3,(H,19,22). The second kappa shape index (κ2) is 7.09. The molecule has 8 heteroatoms.